The van der Waals surface area contributed by atoms with E-state index in [1.54, 1.807) is 30.3 Å². The maximum Gasteiger partial charge on any atom is 0.501 e. The second kappa shape index (κ2) is 10.7. The minimum absolute atomic E-state index is 0.0667. The standard InChI is InChI=1S/C25H20ClF3N4O5S/c1-15-23(35)33(19-6-8-20(9-7-19)39(37,38)25(27,28)29)24(36)32(15)14-17-10-11-30-21(12-17)22(34)31-13-16-2-4-18(26)5-3-16/h2-12,15H,13-14H2,1H3,(H,31,34). The van der Waals surface area contributed by atoms with Gasteiger partial charge >= 0.3 is 11.5 Å². The lowest BCUT2D eigenvalue weighted by atomic mass is 10.2. The first-order chi connectivity index (χ1) is 18.3. The molecule has 0 bridgehead atoms. The van der Waals surface area contributed by atoms with Crippen LogP contribution in [0.1, 0.15) is 28.5 Å². The minimum atomic E-state index is -5.58. The van der Waals surface area contributed by atoms with Gasteiger partial charge in [0.25, 0.3) is 21.7 Å². The molecular weight excluding hydrogens is 561 g/mol. The molecule has 39 heavy (non-hydrogen) atoms. The zero-order chi connectivity index (χ0) is 28.5. The number of alkyl halides is 3. The second-order valence-electron chi connectivity index (χ2n) is 8.56. The molecule has 1 aliphatic rings. The molecule has 2 aromatic carbocycles. The topological polar surface area (TPSA) is 117 Å². The highest BCUT2D eigenvalue weighted by Crippen LogP contribution is 2.32. The molecule has 204 valence electrons. The third-order valence-electron chi connectivity index (χ3n) is 5.97. The summed E-state index contributed by atoms with van der Waals surface area (Å²) in [6, 6.07) is 11.5. The van der Waals surface area contributed by atoms with Gasteiger partial charge in [-0.3, -0.25) is 14.6 Å². The minimum Gasteiger partial charge on any atom is -0.347 e. The predicted octanol–water partition coefficient (Wildman–Crippen LogP) is 4.32. The van der Waals surface area contributed by atoms with E-state index in [-0.39, 0.29) is 24.5 Å². The lowest BCUT2D eigenvalue weighted by Gasteiger charge is -2.19. The number of hydrogen-bond donors (Lipinski definition) is 1. The Balaban J connectivity index is 1.47. The van der Waals surface area contributed by atoms with E-state index in [0.717, 1.165) is 22.6 Å². The molecule has 1 unspecified atom stereocenters. The van der Waals surface area contributed by atoms with Crippen LogP contribution >= 0.6 is 11.6 Å². The molecule has 2 heterocycles. The summed E-state index contributed by atoms with van der Waals surface area (Å²) < 4.78 is 61.7. The number of urea groups is 1. The van der Waals surface area contributed by atoms with Gasteiger partial charge in [-0.1, -0.05) is 23.7 Å². The van der Waals surface area contributed by atoms with E-state index in [9.17, 15) is 36.0 Å². The number of sulfone groups is 1. The zero-order valence-corrected chi connectivity index (χ0v) is 21.7. The molecule has 9 nitrogen and oxygen atoms in total. The molecule has 0 aliphatic carbocycles. The third-order valence-corrected chi connectivity index (χ3v) is 7.72. The number of rotatable bonds is 7. The molecule has 14 heteroatoms. The number of halogens is 4. The number of nitrogens with one attached hydrogen (secondary N) is 1. The highest BCUT2D eigenvalue weighted by Gasteiger charge is 2.47. The number of benzene rings is 2. The number of amides is 4. The van der Waals surface area contributed by atoms with Crippen LogP contribution in [0, 0.1) is 0 Å². The van der Waals surface area contributed by atoms with E-state index in [2.05, 4.69) is 10.3 Å². The van der Waals surface area contributed by atoms with Gasteiger partial charge in [0.2, 0.25) is 0 Å². The normalized spacial score (nSPS) is 16.1. The monoisotopic (exact) mass is 580 g/mol. The summed E-state index contributed by atoms with van der Waals surface area (Å²) in [7, 11) is -5.58. The molecule has 1 fully saturated rings. The van der Waals surface area contributed by atoms with Gasteiger partial charge in [0.1, 0.15) is 11.7 Å². The number of anilines is 1. The molecule has 0 radical (unpaired) electrons. The maximum absolute atomic E-state index is 13.1. The average molecular weight is 581 g/mol. The Hall–Kier alpha value is -3.97. The summed E-state index contributed by atoms with van der Waals surface area (Å²) in [4.78, 5) is 43.6. The van der Waals surface area contributed by atoms with Crippen molar-refractivity contribution in [1.82, 2.24) is 15.2 Å². The summed E-state index contributed by atoms with van der Waals surface area (Å²) in [6.07, 6.45) is 1.39. The van der Waals surface area contributed by atoms with Crippen LogP contribution in [0.3, 0.4) is 0 Å². The highest BCUT2D eigenvalue weighted by molar-refractivity contribution is 7.92. The largest absolute Gasteiger partial charge is 0.501 e. The lowest BCUT2D eigenvalue weighted by Crippen LogP contribution is -2.33. The molecule has 4 amide bonds. The van der Waals surface area contributed by atoms with Crippen LogP contribution < -0.4 is 10.2 Å². The number of carbonyl (C=O) groups is 3. The summed E-state index contributed by atoms with van der Waals surface area (Å²) in [5, 5.41) is 3.30. The van der Waals surface area contributed by atoms with Crippen LogP contribution in [-0.2, 0) is 27.7 Å². The van der Waals surface area contributed by atoms with Crippen LogP contribution in [0.5, 0.6) is 0 Å². The predicted molar refractivity (Wildman–Crippen MR) is 134 cm³/mol. The number of nitrogens with zero attached hydrogens (tertiary/aromatic N) is 3. The third kappa shape index (κ3) is 5.73. The van der Waals surface area contributed by atoms with Crippen molar-refractivity contribution in [2.45, 2.75) is 36.5 Å². The number of carbonyl (C=O) groups excluding carboxylic acids is 3. The number of imide groups is 1. The molecule has 1 aromatic heterocycles. The Bertz CT molecular complexity index is 1530. The van der Waals surface area contributed by atoms with Crippen molar-refractivity contribution in [2.75, 3.05) is 4.90 Å². The molecule has 1 atom stereocenters. The van der Waals surface area contributed by atoms with Gasteiger partial charge in [0, 0.05) is 24.3 Å². The first kappa shape index (κ1) is 28.0. The fourth-order valence-electron chi connectivity index (χ4n) is 3.83. The Morgan fingerprint density at radius 2 is 1.67 bits per heavy atom. The zero-order valence-electron chi connectivity index (χ0n) is 20.1. The number of hydrogen-bond acceptors (Lipinski definition) is 6. The summed E-state index contributed by atoms with van der Waals surface area (Å²) in [6.45, 7) is 1.64. The van der Waals surface area contributed by atoms with Crippen LogP contribution in [0.15, 0.2) is 71.8 Å². The first-order valence-corrected chi connectivity index (χ1v) is 13.2. The molecule has 1 aliphatic heterocycles. The second-order valence-corrected chi connectivity index (χ2v) is 10.9. The Morgan fingerprint density at radius 1 is 1.03 bits per heavy atom. The van der Waals surface area contributed by atoms with E-state index in [4.69, 9.17) is 11.6 Å². The van der Waals surface area contributed by atoms with Gasteiger partial charge in [-0.25, -0.2) is 18.1 Å². The highest BCUT2D eigenvalue weighted by atomic mass is 35.5. The average Bonchev–Trinajstić information content (AvgIpc) is 3.10. The molecule has 1 N–H and O–H groups in total. The fourth-order valence-corrected chi connectivity index (χ4v) is 4.72. The van der Waals surface area contributed by atoms with Crippen molar-refractivity contribution in [3.8, 4) is 0 Å². The smallest absolute Gasteiger partial charge is 0.347 e. The van der Waals surface area contributed by atoms with Crippen LogP contribution in [-0.4, -0.2) is 47.7 Å². The SMILES string of the molecule is CC1C(=O)N(c2ccc(S(=O)(=O)C(F)(F)F)cc2)C(=O)N1Cc1ccnc(C(=O)NCc2ccc(Cl)cc2)c1. The first-order valence-electron chi connectivity index (χ1n) is 11.3. The Kier molecular flexibility index (Phi) is 7.66. The van der Waals surface area contributed by atoms with E-state index in [1.807, 2.05) is 0 Å². The van der Waals surface area contributed by atoms with E-state index < -0.39 is 44.1 Å². The van der Waals surface area contributed by atoms with Crippen molar-refractivity contribution < 1.29 is 36.0 Å². The number of aromatic nitrogens is 1. The summed E-state index contributed by atoms with van der Waals surface area (Å²) in [5.74, 6) is -1.11. The molecule has 0 saturated carbocycles. The molecule has 3 aromatic rings. The fraction of sp³-hybridized carbons (Fsp3) is 0.200. The van der Waals surface area contributed by atoms with Crippen molar-refractivity contribution in [3.63, 3.8) is 0 Å². The van der Waals surface area contributed by atoms with Crippen molar-refractivity contribution in [3.05, 3.63) is 88.7 Å². The summed E-state index contributed by atoms with van der Waals surface area (Å²) in [5.41, 5.74) is -4.16. The van der Waals surface area contributed by atoms with Crippen molar-refractivity contribution in [2.24, 2.45) is 0 Å². The van der Waals surface area contributed by atoms with Crippen LogP contribution in [0.2, 0.25) is 5.02 Å². The molecular formula is C25H20ClF3N4O5S. The summed E-state index contributed by atoms with van der Waals surface area (Å²) >= 11 is 5.86. The van der Waals surface area contributed by atoms with E-state index >= 15 is 0 Å². The van der Waals surface area contributed by atoms with Crippen molar-refractivity contribution in [1.29, 1.82) is 0 Å². The maximum atomic E-state index is 13.1. The Labute approximate surface area is 226 Å². The van der Waals surface area contributed by atoms with Gasteiger partial charge in [0.05, 0.1) is 10.6 Å². The number of pyridine rings is 1. The van der Waals surface area contributed by atoms with Gasteiger partial charge in [-0.15, -0.1) is 0 Å². The van der Waals surface area contributed by atoms with Crippen LogP contribution in [0.4, 0.5) is 23.7 Å². The van der Waals surface area contributed by atoms with Crippen molar-refractivity contribution >= 4 is 45.0 Å². The van der Waals surface area contributed by atoms with Gasteiger partial charge in [-0.2, -0.15) is 13.2 Å². The lowest BCUT2D eigenvalue weighted by molar-refractivity contribution is -0.119. The quantitative estimate of drug-likeness (QED) is 0.416. The molecule has 1 saturated heterocycles. The van der Waals surface area contributed by atoms with Crippen LogP contribution in [0.25, 0.3) is 0 Å². The molecule has 4 rings (SSSR count). The van der Waals surface area contributed by atoms with E-state index in [0.29, 0.717) is 22.7 Å². The van der Waals surface area contributed by atoms with Gasteiger partial charge in [-0.05, 0) is 66.6 Å². The molecule has 0 spiro atoms. The Morgan fingerprint density at radius 3 is 2.28 bits per heavy atom. The van der Waals surface area contributed by atoms with Gasteiger partial charge in [0.15, 0.2) is 0 Å². The van der Waals surface area contributed by atoms with E-state index in [1.165, 1.54) is 24.1 Å². The van der Waals surface area contributed by atoms with Gasteiger partial charge < -0.3 is 10.2 Å².